The molecule has 0 spiro atoms. The second-order valence-electron chi connectivity index (χ2n) is 3.63. The molecule has 0 amide bonds. The molecule has 1 aliphatic heterocycles. The number of aliphatic hydroxyl groups excluding tert-OH is 1. The lowest BCUT2D eigenvalue weighted by atomic mass is 10.2. The van der Waals surface area contributed by atoms with Gasteiger partial charge in [0.25, 0.3) is 0 Å². The fourth-order valence-corrected chi connectivity index (χ4v) is 2.01. The fraction of sp³-hybridized carbons (Fsp3) is 0.600. The van der Waals surface area contributed by atoms with E-state index in [2.05, 4.69) is 9.97 Å². The second-order valence-corrected chi connectivity index (χ2v) is 3.98. The van der Waals surface area contributed by atoms with Gasteiger partial charge < -0.3 is 19.5 Å². The third kappa shape index (κ3) is 2.43. The molecule has 1 aromatic heterocycles. The lowest BCUT2D eigenvalue weighted by molar-refractivity contribution is 0.0720. The Balaban J connectivity index is 2.34. The number of anilines is 1. The van der Waals surface area contributed by atoms with E-state index >= 15 is 0 Å². The number of nitrogens with zero attached hydrogens (tertiary/aromatic N) is 3. The molecule has 0 bridgehead atoms. The molecular formula is C10H14ClN3O3. The highest BCUT2D eigenvalue weighted by atomic mass is 35.5. The average Bonchev–Trinajstić information content (AvgIpc) is 2.38. The third-order valence-corrected chi connectivity index (χ3v) is 2.93. The second kappa shape index (κ2) is 5.48. The van der Waals surface area contributed by atoms with E-state index in [1.165, 1.54) is 13.4 Å². The van der Waals surface area contributed by atoms with Crippen molar-refractivity contribution in [3.63, 3.8) is 0 Å². The van der Waals surface area contributed by atoms with E-state index in [4.69, 9.17) is 21.1 Å². The van der Waals surface area contributed by atoms with Crippen LogP contribution in [-0.2, 0) is 4.74 Å². The van der Waals surface area contributed by atoms with Crippen LogP contribution in [0.3, 0.4) is 0 Å². The van der Waals surface area contributed by atoms with E-state index in [-0.39, 0.29) is 17.8 Å². The average molecular weight is 260 g/mol. The van der Waals surface area contributed by atoms with Crippen LogP contribution in [0.2, 0.25) is 5.15 Å². The van der Waals surface area contributed by atoms with Gasteiger partial charge in [-0.3, -0.25) is 0 Å². The van der Waals surface area contributed by atoms with Crippen LogP contribution in [0.5, 0.6) is 5.75 Å². The Hall–Kier alpha value is -1.11. The first-order valence-electron chi connectivity index (χ1n) is 5.27. The van der Waals surface area contributed by atoms with Gasteiger partial charge >= 0.3 is 0 Å². The Morgan fingerprint density at radius 3 is 3.18 bits per heavy atom. The van der Waals surface area contributed by atoms with Crippen molar-refractivity contribution in [2.45, 2.75) is 6.04 Å². The lowest BCUT2D eigenvalue weighted by Crippen LogP contribution is -2.48. The van der Waals surface area contributed by atoms with Gasteiger partial charge in [0.1, 0.15) is 6.33 Å². The van der Waals surface area contributed by atoms with Crippen molar-refractivity contribution in [1.82, 2.24) is 9.97 Å². The summed E-state index contributed by atoms with van der Waals surface area (Å²) in [7, 11) is 1.52. The van der Waals surface area contributed by atoms with Gasteiger partial charge in [-0.25, -0.2) is 9.97 Å². The molecule has 6 nitrogen and oxygen atoms in total. The van der Waals surface area contributed by atoms with Gasteiger partial charge in [0.2, 0.25) is 0 Å². The van der Waals surface area contributed by atoms with Crippen LogP contribution in [-0.4, -0.2) is 54.6 Å². The number of aliphatic hydroxyl groups is 1. The highest BCUT2D eigenvalue weighted by Gasteiger charge is 2.27. The molecule has 7 heteroatoms. The highest BCUT2D eigenvalue weighted by molar-refractivity contribution is 6.31. The molecule has 0 saturated carbocycles. The van der Waals surface area contributed by atoms with Gasteiger partial charge in [-0.05, 0) is 0 Å². The monoisotopic (exact) mass is 259 g/mol. The molecule has 1 unspecified atom stereocenters. The number of morpholine rings is 1. The Bertz CT molecular complexity index is 391. The maximum absolute atomic E-state index is 9.32. The summed E-state index contributed by atoms with van der Waals surface area (Å²) in [4.78, 5) is 9.96. The molecule has 2 rings (SSSR count). The molecule has 0 aromatic carbocycles. The summed E-state index contributed by atoms with van der Waals surface area (Å²) in [6, 6.07) is -0.136. The van der Waals surface area contributed by atoms with Crippen molar-refractivity contribution in [3.8, 4) is 5.75 Å². The van der Waals surface area contributed by atoms with Crippen LogP contribution in [0.25, 0.3) is 0 Å². The zero-order valence-corrected chi connectivity index (χ0v) is 10.2. The van der Waals surface area contributed by atoms with Gasteiger partial charge in [0, 0.05) is 6.54 Å². The molecular weight excluding hydrogens is 246 g/mol. The Morgan fingerprint density at radius 1 is 1.65 bits per heavy atom. The molecule has 1 atom stereocenters. The van der Waals surface area contributed by atoms with E-state index in [1.54, 1.807) is 0 Å². The maximum Gasteiger partial charge on any atom is 0.199 e. The van der Waals surface area contributed by atoms with Crippen molar-refractivity contribution in [3.05, 3.63) is 11.5 Å². The minimum atomic E-state index is -0.136. The number of ether oxygens (including phenoxy) is 2. The van der Waals surface area contributed by atoms with Crippen LogP contribution in [0.4, 0.5) is 5.82 Å². The maximum atomic E-state index is 9.32. The number of hydrogen-bond donors (Lipinski definition) is 1. The first-order chi connectivity index (χ1) is 8.27. The highest BCUT2D eigenvalue weighted by Crippen LogP contribution is 2.32. The summed E-state index contributed by atoms with van der Waals surface area (Å²) in [6.07, 6.45) is 1.38. The first kappa shape index (κ1) is 12.3. The van der Waals surface area contributed by atoms with Crippen LogP contribution >= 0.6 is 11.6 Å². The minimum absolute atomic E-state index is 0.00915. The zero-order chi connectivity index (χ0) is 12.3. The predicted octanol–water partition coefficient (Wildman–Crippen LogP) is 0.336. The summed E-state index contributed by atoms with van der Waals surface area (Å²) in [6.45, 7) is 1.67. The third-order valence-electron chi connectivity index (χ3n) is 2.66. The molecule has 0 radical (unpaired) electrons. The quantitative estimate of drug-likeness (QED) is 0.790. The van der Waals surface area contributed by atoms with Gasteiger partial charge in [-0.15, -0.1) is 0 Å². The fourth-order valence-electron chi connectivity index (χ4n) is 1.81. The van der Waals surface area contributed by atoms with Crippen molar-refractivity contribution in [2.24, 2.45) is 0 Å². The molecule has 1 aromatic rings. The van der Waals surface area contributed by atoms with Crippen molar-refractivity contribution in [1.29, 1.82) is 0 Å². The van der Waals surface area contributed by atoms with Crippen LogP contribution < -0.4 is 9.64 Å². The molecule has 1 saturated heterocycles. The van der Waals surface area contributed by atoms with Crippen molar-refractivity contribution >= 4 is 17.4 Å². The van der Waals surface area contributed by atoms with E-state index in [9.17, 15) is 5.11 Å². The smallest absolute Gasteiger partial charge is 0.199 e. The van der Waals surface area contributed by atoms with Gasteiger partial charge in [0.15, 0.2) is 16.7 Å². The van der Waals surface area contributed by atoms with E-state index in [0.29, 0.717) is 31.3 Å². The standard InChI is InChI=1S/C10H14ClN3O3/c1-16-8-9(11)12-6-13-10(8)14-2-3-17-5-7(14)4-15/h6-7,15H,2-5H2,1H3. The summed E-state index contributed by atoms with van der Waals surface area (Å²) in [5.41, 5.74) is 0. The van der Waals surface area contributed by atoms with Crippen molar-refractivity contribution < 1.29 is 14.6 Å². The first-order valence-corrected chi connectivity index (χ1v) is 5.65. The molecule has 0 aliphatic carbocycles. The topological polar surface area (TPSA) is 67.7 Å². The van der Waals surface area contributed by atoms with Gasteiger partial charge in [-0.2, -0.15) is 0 Å². The molecule has 1 aliphatic rings. The molecule has 94 valence electrons. The predicted molar refractivity (Wildman–Crippen MR) is 62.6 cm³/mol. The number of methoxy groups -OCH3 is 1. The molecule has 1 fully saturated rings. The molecule has 17 heavy (non-hydrogen) atoms. The number of hydrogen-bond acceptors (Lipinski definition) is 6. The van der Waals surface area contributed by atoms with E-state index < -0.39 is 0 Å². The van der Waals surface area contributed by atoms with Crippen LogP contribution in [0.15, 0.2) is 6.33 Å². The number of halogens is 1. The Kier molecular flexibility index (Phi) is 3.98. The largest absolute Gasteiger partial charge is 0.490 e. The number of rotatable bonds is 3. The number of aromatic nitrogens is 2. The van der Waals surface area contributed by atoms with Crippen LogP contribution in [0, 0.1) is 0 Å². The van der Waals surface area contributed by atoms with E-state index in [1.807, 2.05) is 4.90 Å². The van der Waals surface area contributed by atoms with Crippen LogP contribution in [0.1, 0.15) is 0 Å². The summed E-state index contributed by atoms with van der Waals surface area (Å²) >= 11 is 5.94. The van der Waals surface area contributed by atoms with Crippen molar-refractivity contribution in [2.75, 3.05) is 38.4 Å². The van der Waals surface area contributed by atoms with Gasteiger partial charge in [0.05, 0.1) is 33.0 Å². The van der Waals surface area contributed by atoms with E-state index in [0.717, 1.165) is 0 Å². The normalized spacial score (nSPS) is 20.4. The Labute approximate surface area is 104 Å². The molecule has 1 N–H and O–H groups in total. The zero-order valence-electron chi connectivity index (χ0n) is 9.47. The summed E-state index contributed by atoms with van der Waals surface area (Å²) < 4.78 is 10.5. The SMILES string of the molecule is COc1c(Cl)ncnc1N1CCOCC1CO. The van der Waals surface area contributed by atoms with Gasteiger partial charge in [-0.1, -0.05) is 11.6 Å². The minimum Gasteiger partial charge on any atom is -0.490 e. The summed E-state index contributed by atoms with van der Waals surface area (Å²) in [5, 5.41) is 9.58. The summed E-state index contributed by atoms with van der Waals surface area (Å²) in [5.74, 6) is 1.02. The molecule has 2 heterocycles. The Morgan fingerprint density at radius 2 is 2.47 bits per heavy atom. The lowest BCUT2D eigenvalue weighted by Gasteiger charge is -2.35.